The van der Waals surface area contributed by atoms with Crippen LogP contribution < -0.4 is 5.32 Å². The zero-order valence-electron chi connectivity index (χ0n) is 12.6. The molecule has 0 spiro atoms. The summed E-state index contributed by atoms with van der Waals surface area (Å²) in [6.45, 7) is 7.29. The molecule has 3 nitrogen and oxygen atoms in total. The maximum Gasteiger partial charge on any atom is 0.123 e. The van der Waals surface area contributed by atoms with Crippen molar-refractivity contribution < 1.29 is 9.15 Å². The Morgan fingerprint density at radius 1 is 1.24 bits per heavy atom. The second-order valence-electron chi connectivity index (χ2n) is 5.52. The molecule has 4 heteroatoms. The van der Waals surface area contributed by atoms with Gasteiger partial charge in [-0.2, -0.15) is 0 Å². The van der Waals surface area contributed by atoms with Crippen LogP contribution >= 0.6 is 15.9 Å². The van der Waals surface area contributed by atoms with E-state index in [-0.39, 0.29) is 0 Å². The minimum absolute atomic E-state index is 0.571. The van der Waals surface area contributed by atoms with Crippen LogP contribution in [0.1, 0.15) is 30.7 Å². The molecule has 1 aromatic carbocycles. The quantitative estimate of drug-likeness (QED) is 0.759. The average molecular weight is 352 g/mol. The van der Waals surface area contributed by atoms with Crippen molar-refractivity contribution in [2.24, 2.45) is 5.92 Å². The Kier molecular flexibility index (Phi) is 6.49. The third kappa shape index (κ3) is 5.65. The van der Waals surface area contributed by atoms with E-state index < -0.39 is 0 Å². The maximum atomic E-state index is 5.78. The number of hydrogen-bond acceptors (Lipinski definition) is 3. The molecule has 0 radical (unpaired) electrons. The summed E-state index contributed by atoms with van der Waals surface area (Å²) in [7, 11) is 0. The highest BCUT2D eigenvalue weighted by Gasteiger charge is 2.07. The van der Waals surface area contributed by atoms with Crippen molar-refractivity contribution >= 4 is 15.9 Å². The molecule has 21 heavy (non-hydrogen) atoms. The fraction of sp³-hybridized carbons (Fsp3) is 0.412. The van der Waals surface area contributed by atoms with Crippen molar-refractivity contribution in [2.75, 3.05) is 6.54 Å². The van der Waals surface area contributed by atoms with Crippen LogP contribution in [0.2, 0.25) is 0 Å². The van der Waals surface area contributed by atoms with Crippen molar-refractivity contribution in [1.29, 1.82) is 0 Å². The van der Waals surface area contributed by atoms with Crippen LogP contribution in [0.3, 0.4) is 0 Å². The fourth-order valence-electron chi connectivity index (χ4n) is 2.03. The number of rotatable bonds is 8. The van der Waals surface area contributed by atoms with E-state index >= 15 is 0 Å². The molecule has 0 aliphatic rings. The molecule has 0 bridgehead atoms. The van der Waals surface area contributed by atoms with Gasteiger partial charge in [-0.05, 0) is 36.2 Å². The van der Waals surface area contributed by atoms with Gasteiger partial charge in [-0.1, -0.05) is 41.9 Å². The molecule has 2 rings (SSSR count). The predicted molar refractivity (Wildman–Crippen MR) is 87.9 cm³/mol. The lowest BCUT2D eigenvalue weighted by molar-refractivity contribution is 0.106. The lowest BCUT2D eigenvalue weighted by Gasteiger charge is -2.08. The minimum atomic E-state index is 0.571. The Morgan fingerprint density at radius 3 is 2.86 bits per heavy atom. The Balaban J connectivity index is 1.79. The average Bonchev–Trinajstić information content (AvgIpc) is 2.86. The summed E-state index contributed by atoms with van der Waals surface area (Å²) in [5, 5.41) is 3.39. The van der Waals surface area contributed by atoms with E-state index in [4.69, 9.17) is 9.15 Å². The number of nitrogens with one attached hydrogen (secondary N) is 1. The molecule has 0 fully saturated rings. The van der Waals surface area contributed by atoms with Crippen molar-refractivity contribution in [3.05, 3.63) is 58.0 Å². The summed E-state index contributed by atoms with van der Waals surface area (Å²) < 4.78 is 12.4. The Morgan fingerprint density at radius 2 is 2.10 bits per heavy atom. The molecule has 1 heterocycles. The van der Waals surface area contributed by atoms with E-state index in [9.17, 15) is 0 Å². The highest BCUT2D eigenvalue weighted by atomic mass is 79.9. The summed E-state index contributed by atoms with van der Waals surface area (Å²) in [5.74, 6) is 1.60. The number of furan rings is 1. The molecule has 0 saturated heterocycles. The monoisotopic (exact) mass is 351 g/mol. The second-order valence-corrected chi connectivity index (χ2v) is 6.43. The molecule has 114 valence electrons. The minimum Gasteiger partial charge on any atom is -0.468 e. The third-order valence-electron chi connectivity index (χ3n) is 3.09. The van der Waals surface area contributed by atoms with Crippen LogP contribution in [0.5, 0.6) is 0 Å². The summed E-state index contributed by atoms with van der Waals surface area (Å²) >= 11 is 3.47. The molecule has 1 N–H and O–H groups in total. The van der Waals surface area contributed by atoms with Crippen LogP contribution in [-0.2, 0) is 24.5 Å². The van der Waals surface area contributed by atoms with Crippen molar-refractivity contribution in [1.82, 2.24) is 5.32 Å². The molecule has 1 aromatic heterocycles. The van der Waals surface area contributed by atoms with Crippen molar-refractivity contribution in [3.63, 3.8) is 0 Å². The third-order valence-corrected chi connectivity index (χ3v) is 3.58. The van der Waals surface area contributed by atoms with Gasteiger partial charge in [0, 0.05) is 10.0 Å². The van der Waals surface area contributed by atoms with Gasteiger partial charge in [-0.15, -0.1) is 0 Å². The van der Waals surface area contributed by atoms with Crippen LogP contribution in [0.25, 0.3) is 0 Å². The smallest absolute Gasteiger partial charge is 0.123 e. The summed E-state index contributed by atoms with van der Waals surface area (Å²) in [6.07, 6.45) is 1.73. The number of benzene rings is 1. The zero-order chi connectivity index (χ0) is 15.1. The van der Waals surface area contributed by atoms with Crippen molar-refractivity contribution in [2.45, 2.75) is 33.6 Å². The van der Waals surface area contributed by atoms with Crippen LogP contribution in [0.4, 0.5) is 0 Å². The molecule has 2 aromatic rings. The van der Waals surface area contributed by atoms with Gasteiger partial charge < -0.3 is 14.5 Å². The summed E-state index contributed by atoms with van der Waals surface area (Å²) in [6, 6.07) is 10.1. The normalized spacial score (nSPS) is 11.2. The first-order chi connectivity index (χ1) is 10.1. The van der Waals surface area contributed by atoms with E-state index in [0.717, 1.165) is 34.4 Å². The van der Waals surface area contributed by atoms with Gasteiger partial charge in [-0.25, -0.2) is 0 Å². The highest BCUT2D eigenvalue weighted by Crippen LogP contribution is 2.15. The topological polar surface area (TPSA) is 34.4 Å². The first-order valence-electron chi connectivity index (χ1n) is 7.23. The lowest BCUT2D eigenvalue weighted by atomic mass is 10.2. The SMILES string of the molecule is CC(C)CNCc1occc1COCc1cccc(Br)c1. The summed E-state index contributed by atoms with van der Waals surface area (Å²) in [5.41, 5.74) is 2.27. The number of halogens is 1. The summed E-state index contributed by atoms with van der Waals surface area (Å²) in [4.78, 5) is 0. The zero-order valence-corrected chi connectivity index (χ0v) is 14.2. The maximum absolute atomic E-state index is 5.78. The van der Waals surface area contributed by atoms with Crippen molar-refractivity contribution in [3.8, 4) is 0 Å². The molecular weight excluding hydrogens is 330 g/mol. The van der Waals surface area contributed by atoms with E-state index in [0.29, 0.717) is 19.1 Å². The fourth-order valence-corrected chi connectivity index (χ4v) is 2.48. The Bertz CT molecular complexity index is 551. The van der Waals surface area contributed by atoms with Crippen LogP contribution in [0, 0.1) is 5.92 Å². The number of hydrogen-bond donors (Lipinski definition) is 1. The van der Waals surface area contributed by atoms with Gasteiger partial charge in [0.25, 0.3) is 0 Å². The molecule has 0 atom stereocenters. The van der Waals surface area contributed by atoms with Gasteiger partial charge in [-0.3, -0.25) is 0 Å². The van der Waals surface area contributed by atoms with Gasteiger partial charge >= 0.3 is 0 Å². The second kappa shape index (κ2) is 8.37. The first-order valence-corrected chi connectivity index (χ1v) is 8.02. The predicted octanol–water partition coefficient (Wildman–Crippen LogP) is 4.50. The lowest BCUT2D eigenvalue weighted by Crippen LogP contribution is -2.19. The molecular formula is C17H22BrNO2. The van der Waals surface area contributed by atoms with Gasteiger partial charge in [0.1, 0.15) is 5.76 Å². The van der Waals surface area contributed by atoms with Gasteiger partial charge in [0.05, 0.1) is 26.0 Å². The molecule has 0 saturated carbocycles. The largest absolute Gasteiger partial charge is 0.468 e. The standard InChI is InChI=1S/C17H22BrNO2/c1-13(2)9-19-10-17-15(6-7-21-17)12-20-11-14-4-3-5-16(18)8-14/h3-8,13,19H,9-12H2,1-2H3. The van der Waals surface area contributed by atoms with Gasteiger partial charge in [0.15, 0.2) is 0 Å². The molecule has 0 aliphatic carbocycles. The molecule has 0 aliphatic heterocycles. The van der Waals surface area contributed by atoms with Crippen LogP contribution in [0.15, 0.2) is 45.5 Å². The van der Waals surface area contributed by atoms with E-state index in [1.165, 1.54) is 0 Å². The van der Waals surface area contributed by atoms with Crippen LogP contribution in [-0.4, -0.2) is 6.54 Å². The molecule has 0 amide bonds. The van der Waals surface area contributed by atoms with E-state index in [1.807, 2.05) is 18.2 Å². The Labute approximate surface area is 134 Å². The van der Waals surface area contributed by atoms with E-state index in [2.05, 4.69) is 47.2 Å². The van der Waals surface area contributed by atoms with Gasteiger partial charge in [0.2, 0.25) is 0 Å². The van der Waals surface area contributed by atoms with E-state index in [1.54, 1.807) is 6.26 Å². The highest BCUT2D eigenvalue weighted by molar-refractivity contribution is 9.10. The Hall–Kier alpha value is -1.10. The first kappa shape index (κ1) is 16.3. The molecule has 0 unspecified atom stereocenters. The number of ether oxygens (including phenoxy) is 1.